The van der Waals surface area contributed by atoms with E-state index in [2.05, 4.69) is 4.98 Å². The number of aromatic nitrogens is 2. The number of benzene rings is 1. The summed E-state index contributed by atoms with van der Waals surface area (Å²) < 4.78 is 14.6. The second kappa shape index (κ2) is 4.47. The maximum atomic E-state index is 12.9. The van der Waals surface area contributed by atoms with Crippen molar-refractivity contribution in [1.82, 2.24) is 9.38 Å². The molecule has 0 aliphatic carbocycles. The molecular formula is C13H8FN2O2S-. The number of carbonyl (C=O) groups excluding carboxylic acids is 1. The van der Waals surface area contributed by atoms with Crippen molar-refractivity contribution < 1.29 is 14.3 Å². The SMILES string of the molecule is O=C([O-])Cc1csc2nc(-c3ccc(F)cc3)cn12. The topological polar surface area (TPSA) is 57.4 Å². The molecule has 0 aliphatic heterocycles. The van der Waals surface area contributed by atoms with E-state index in [4.69, 9.17) is 0 Å². The van der Waals surface area contributed by atoms with E-state index < -0.39 is 5.97 Å². The van der Waals surface area contributed by atoms with Crippen LogP contribution in [-0.4, -0.2) is 15.4 Å². The molecule has 19 heavy (non-hydrogen) atoms. The number of hydrogen-bond donors (Lipinski definition) is 0. The molecule has 0 saturated heterocycles. The number of carbonyl (C=O) groups is 1. The summed E-state index contributed by atoms with van der Waals surface area (Å²) in [4.78, 5) is 15.7. The fourth-order valence-electron chi connectivity index (χ4n) is 1.86. The summed E-state index contributed by atoms with van der Waals surface area (Å²) in [5.74, 6) is -1.43. The third kappa shape index (κ3) is 2.22. The monoisotopic (exact) mass is 275 g/mol. The van der Waals surface area contributed by atoms with Gasteiger partial charge in [-0.15, -0.1) is 11.3 Å². The van der Waals surface area contributed by atoms with Crippen LogP contribution >= 0.6 is 11.3 Å². The maximum absolute atomic E-state index is 12.9. The summed E-state index contributed by atoms with van der Waals surface area (Å²) in [6, 6.07) is 6.01. The third-order valence-electron chi connectivity index (χ3n) is 2.75. The van der Waals surface area contributed by atoms with Gasteiger partial charge in [0, 0.05) is 35.2 Å². The van der Waals surface area contributed by atoms with Crippen LogP contribution in [0, 0.1) is 5.82 Å². The minimum atomic E-state index is -1.13. The van der Waals surface area contributed by atoms with Crippen molar-refractivity contribution in [1.29, 1.82) is 0 Å². The van der Waals surface area contributed by atoms with E-state index in [-0.39, 0.29) is 12.2 Å². The van der Waals surface area contributed by atoms with Crippen LogP contribution in [0.1, 0.15) is 5.69 Å². The first kappa shape index (κ1) is 11.9. The van der Waals surface area contributed by atoms with Crippen LogP contribution in [0.15, 0.2) is 35.8 Å². The minimum absolute atomic E-state index is 0.154. The number of carboxylic acids is 1. The Balaban J connectivity index is 2.04. The van der Waals surface area contributed by atoms with E-state index in [9.17, 15) is 14.3 Å². The Labute approximate surface area is 111 Å². The summed E-state index contributed by atoms with van der Waals surface area (Å²) in [6.45, 7) is 0. The number of imidazole rings is 1. The zero-order chi connectivity index (χ0) is 13.4. The van der Waals surface area contributed by atoms with Gasteiger partial charge in [-0.05, 0) is 24.3 Å². The van der Waals surface area contributed by atoms with Gasteiger partial charge in [-0.25, -0.2) is 9.37 Å². The molecule has 3 rings (SSSR count). The van der Waals surface area contributed by atoms with Crippen molar-refractivity contribution in [3.63, 3.8) is 0 Å². The Morgan fingerprint density at radius 2 is 2.11 bits per heavy atom. The van der Waals surface area contributed by atoms with Crippen LogP contribution in [0.3, 0.4) is 0 Å². The fourth-order valence-corrected chi connectivity index (χ4v) is 2.74. The van der Waals surface area contributed by atoms with Crippen molar-refractivity contribution in [2.45, 2.75) is 6.42 Å². The largest absolute Gasteiger partial charge is 0.550 e. The summed E-state index contributed by atoms with van der Waals surface area (Å²) in [5, 5.41) is 12.4. The standard InChI is InChI=1S/C13H9FN2O2S/c14-9-3-1-8(2-4-9)11-6-16-10(5-12(17)18)7-19-13(16)15-11/h1-4,6-7H,5H2,(H,17,18)/p-1. The van der Waals surface area contributed by atoms with Crippen molar-refractivity contribution in [3.8, 4) is 11.3 Å². The molecule has 0 atom stereocenters. The average Bonchev–Trinajstić information content (AvgIpc) is 2.92. The molecule has 0 amide bonds. The molecule has 0 fully saturated rings. The molecule has 96 valence electrons. The molecule has 0 unspecified atom stereocenters. The Bertz CT molecular complexity index is 746. The molecule has 4 nitrogen and oxygen atoms in total. The molecule has 3 aromatic rings. The lowest BCUT2D eigenvalue weighted by Gasteiger charge is -1.99. The molecule has 0 spiro atoms. The van der Waals surface area contributed by atoms with Gasteiger partial charge in [0.05, 0.1) is 5.69 Å². The quantitative estimate of drug-likeness (QED) is 0.727. The van der Waals surface area contributed by atoms with Crippen molar-refractivity contribution in [3.05, 3.63) is 47.4 Å². The fraction of sp³-hybridized carbons (Fsp3) is 0.0769. The van der Waals surface area contributed by atoms with Crippen LogP contribution in [-0.2, 0) is 11.2 Å². The maximum Gasteiger partial charge on any atom is 0.194 e. The summed E-state index contributed by atoms with van der Waals surface area (Å²) in [5.41, 5.74) is 2.10. The first-order chi connectivity index (χ1) is 9.13. The van der Waals surface area contributed by atoms with Gasteiger partial charge in [-0.3, -0.25) is 4.40 Å². The molecule has 0 bridgehead atoms. The van der Waals surface area contributed by atoms with Crippen LogP contribution < -0.4 is 5.11 Å². The van der Waals surface area contributed by atoms with Gasteiger partial charge in [0.25, 0.3) is 0 Å². The van der Waals surface area contributed by atoms with Gasteiger partial charge < -0.3 is 9.90 Å². The molecule has 0 aliphatic rings. The van der Waals surface area contributed by atoms with Gasteiger partial charge in [-0.2, -0.15) is 0 Å². The molecule has 2 aromatic heterocycles. The number of nitrogens with zero attached hydrogens (tertiary/aromatic N) is 2. The number of thiazole rings is 1. The number of carboxylic acid groups (broad SMARTS) is 1. The van der Waals surface area contributed by atoms with Gasteiger partial charge in [0.1, 0.15) is 5.82 Å². The summed E-state index contributed by atoms with van der Waals surface area (Å²) in [7, 11) is 0. The minimum Gasteiger partial charge on any atom is -0.550 e. The zero-order valence-corrected chi connectivity index (χ0v) is 10.5. The highest BCUT2D eigenvalue weighted by atomic mass is 32.1. The van der Waals surface area contributed by atoms with E-state index in [1.807, 2.05) is 0 Å². The van der Waals surface area contributed by atoms with Gasteiger partial charge in [0.15, 0.2) is 4.96 Å². The predicted molar refractivity (Wildman–Crippen MR) is 67.2 cm³/mol. The van der Waals surface area contributed by atoms with Gasteiger partial charge in [0.2, 0.25) is 0 Å². The lowest BCUT2D eigenvalue weighted by atomic mass is 10.2. The number of halogens is 1. The van der Waals surface area contributed by atoms with Crippen molar-refractivity contribution in [2.24, 2.45) is 0 Å². The van der Waals surface area contributed by atoms with E-state index in [1.165, 1.54) is 23.5 Å². The Kier molecular flexibility index (Phi) is 2.79. The van der Waals surface area contributed by atoms with Crippen LogP contribution in [0.25, 0.3) is 16.2 Å². The molecule has 0 N–H and O–H groups in total. The number of hydrogen-bond acceptors (Lipinski definition) is 4. The first-order valence-electron chi connectivity index (χ1n) is 5.55. The Morgan fingerprint density at radius 3 is 2.79 bits per heavy atom. The predicted octanol–water partition coefficient (Wildman–Crippen LogP) is 1.49. The first-order valence-corrected chi connectivity index (χ1v) is 6.43. The Morgan fingerprint density at radius 1 is 1.37 bits per heavy atom. The molecular weight excluding hydrogens is 267 g/mol. The highest BCUT2D eigenvalue weighted by Crippen LogP contribution is 2.24. The van der Waals surface area contributed by atoms with E-state index in [0.717, 1.165) is 5.56 Å². The Hall–Kier alpha value is -2.21. The van der Waals surface area contributed by atoms with Crippen molar-refractivity contribution >= 4 is 22.3 Å². The smallest absolute Gasteiger partial charge is 0.194 e. The van der Waals surface area contributed by atoms with Crippen molar-refractivity contribution in [2.75, 3.05) is 0 Å². The zero-order valence-electron chi connectivity index (χ0n) is 9.67. The molecule has 2 heterocycles. The lowest BCUT2D eigenvalue weighted by Crippen LogP contribution is -2.24. The molecule has 0 saturated carbocycles. The molecule has 6 heteroatoms. The van der Waals surface area contributed by atoms with E-state index in [1.54, 1.807) is 28.1 Å². The number of aliphatic carboxylic acids is 1. The normalized spacial score (nSPS) is 11.0. The number of rotatable bonds is 3. The van der Waals surface area contributed by atoms with E-state index in [0.29, 0.717) is 16.3 Å². The highest BCUT2D eigenvalue weighted by molar-refractivity contribution is 7.15. The van der Waals surface area contributed by atoms with Gasteiger partial charge >= 0.3 is 0 Å². The second-order valence-corrected chi connectivity index (χ2v) is 4.90. The van der Waals surface area contributed by atoms with Crippen LogP contribution in [0.4, 0.5) is 4.39 Å². The molecule has 1 aromatic carbocycles. The highest BCUT2D eigenvalue weighted by Gasteiger charge is 2.09. The average molecular weight is 275 g/mol. The third-order valence-corrected chi connectivity index (χ3v) is 3.64. The van der Waals surface area contributed by atoms with Crippen LogP contribution in [0.5, 0.6) is 0 Å². The molecule has 0 radical (unpaired) electrons. The lowest BCUT2D eigenvalue weighted by molar-refractivity contribution is -0.304. The van der Waals surface area contributed by atoms with Crippen LogP contribution in [0.2, 0.25) is 0 Å². The number of fused-ring (bicyclic) bond motifs is 1. The van der Waals surface area contributed by atoms with E-state index >= 15 is 0 Å². The second-order valence-electron chi connectivity index (χ2n) is 4.06. The van der Waals surface area contributed by atoms with Gasteiger partial charge in [-0.1, -0.05) is 0 Å². The summed E-state index contributed by atoms with van der Waals surface area (Å²) in [6.07, 6.45) is 1.59. The summed E-state index contributed by atoms with van der Waals surface area (Å²) >= 11 is 1.36.